The maximum absolute atomic E-state index is 12.9. The molecule has 2 amide bonds. The van der Waals surface area contributed by atoms with Gasteiger partial charge in [0.15, 0.2) is 4.96 Å². The summed E-state index contributed by atoms with van der Waals surface area (Å²) in [5, 5.41) is 1.98. The number of hydrogen-bond acceptors (Lipinski definition) is 4. The molecule has 0 radical (unpaired) electrons. The molecule has 7 heteroatoms. The van der Waals surface area contributed by atoms with Gasteiger partial charge >= 0.3 is 0 Å². The van der Waals surface area contributed by atoms with E-state index in [-0.39, 0.29) is 17.9 Å². The van der Waals surface area contributed by atoms with Crippen LogP contribution in [0.15, 0.2) is 17.8 Å². The first kappa shape index (κ1) is 17.5. The lowest BCUT2D eigenvalue weighted by molar-refractivity contribution is -0.134. The zero-order chi connectivity index (χ0) is 18.3. The number of carbonyl (C=O) groups excluding carboxylic acids is 2. The molecule has 0 unspecified atom stereocenters. The topological polar surface area (TPSA) is 57.9 Å². The Kier molecular flexibility index (Phi) is 4.73. The predicted octanol–water partition coefficient (Wildman–Crippen LogP) is 2.43. The van der Waals surface area contributed by atoms with E-state index in [1.807, 2.05) is 27.1 Å². The van der Waals surface area contributed by atoms with Crippen molar-refractivity contribution in [2.75, 3.05) is 19.6 Å². The second-order valence-corrected chi connectivity index (χ2v) is 8.77. The minimum atomic E-state index is 0.0717. The van der Waals surface area contributed by atoms with Crippen molar-refractivity contribution >= 4 is 28.1 Å². The average Bonchev–Trinajstić information content (AvgIpc) is 3.22. The van der Waals surface area contributed by atoms with Gasteiger partial charge in [0.25, 0.3) is 0 Å². The molecular weight excluding hydrogens is 348 g/mol. The molecule has 0 spiro atoms. The van der Waals surface area contributed by atoms with E-state index in [4.69, 9.17) is 0 Å². The molecule has 140 valence electrons. The van der Waals surface area contributed by atoms with Crippen molar-refractivity contribution in [3.8, 4) is 0 Å². The molecule has 2 aromatic heterocycles. The Balaban J connectivity index is 1.47. The molecule has 2 fully saturated rings. The Morgan fingerprint density at radius 3 is 2.88 bits per heavy atom. The van der Waals surface area contributed by atoms with E-state index in [9.17, 15) is 9.59 Å². The van der Waals surface area contributed by atoms with Gasteiger partial charge in [0.05, 0.1) is 18.2 Å². The van der Waals surface area contributed by atoms with Crippen molar-refractivity contribution in [2.24, 2.45) is 11.8 Å². The van der Waals surface area contributed by atoms with Crippen LogP contribution in [0.1, 0.15) is 38.8 Å². The van der Waals surface area contributed by atoms with Crippen LogP contribution in [0, 0.1) is 11.8 Å². The summed E-state index contributed by atoms with van der Waals surface area (Å²) in [6, 6.07) is 0.111. The van der Waals surface area contributed by atoms with Gasteiger partial charge < -0.3 is 9.80 Å². The molecule has 6 nitrogen and oxygen atoms in total. The van der Waals surface area contributed by atoms with E-state index in [0.29, 0.717) is 37.8 Å². The highest BCUT2D eigenvalue weighted by molar-refractivity contribution is 7.15. The molecule has 0 aromatic carbocycles. The maximum Gasteiger partial charge on any atom is 0.228 e. The third-order valence-corrected chi connectivity index (χ3v) is 6.24. The third kappa shape index (κ3) is 3.63. The monoisotopic (exact) mass is 374 g/mol. The molecule has 1 atom stereocenters. The van der Waals surface area contributed by atoms with Crippen LogP contribution in [0.2, 0.25) is 0 Å². The number of fused-ring (bicyclic) bond motifs is 1. The van der Waals surface area contributed by atoms with Crippen LogP contribution in [-0.4, -0.2) is 56.7 Å². The molecule has 4 rings (SSSR count). The predicted molar refractivity (Wildman–Crippen MR) is 101 cm³/mol. The van der Waals surface area contributed by atoms with E-state index < -0.39 is 0 Å². The minimum Gasteiger partial charge on any atom is -0.340 e. The normalized spacial score (nSPS) is 21.7. The highest BCUT2D eigenvalue weighted by Crippen LogP contribution is 2.32. The lowest BCUT2D eigenvalue weighted by atomic mass is 10.0. The summed E-state index contributed by atoms with van der Waals surface area (Å²) in [4.78, 5) is 34.9. The molecule has 0 bridgehead atoms. The largest absolute Gasteiger partial charge is 0.340 e. The number of thiazole rings is 1. The summed E-state index contributed by atoms with van der Waals surface area (Å²) in [5.74, 6) is 1.28. The van der Waals surface area contributed by atoms with Crippen molar-refractivity contribution < 1.29 is 9.59 Å². The van der Waals surface area contributed by atoms with Gasteiger partial charge in [-0.15, -0.1) is 11.3 Å². The first-order valence-corrected chi connectivity index (χ1v) is 10.4. The molecule has 2 aliphatic rings. The van der Waals surface area contributed by atoms with E-state index in [2.05, 4.69) is 23.7 Å². The smallest absolute Gasteiger partial charge is 0.228 e. The molecular formula is C19H26N4O2S. The lowest BCUT2D eigenvalue weighted by Crippen LogP contribution is -2.48. The van der Waals surface area contributed by atoms with Gasteiger partial charge in [-0.05, 0) is 24.7 Å². The average molecular weight is 375 g/mol. The number of carbonyl (C=O) groups is 2. The number of rotatable bonds is 5. The summed E-state index contributed by atoms with van der Waals surface area (Å²) in [6.07, 6.45) is 7.07. The summed E-state index contributed by atoms with van der Waals surface area (Å²) < 4.78 is 1.95. The van der Waals surface area contributed by atoms with Crippen LogP contribution in [-0.2, 0) is 16.0 Å². The van der Waals surface area contributed by atoms with E-state index in [1.165, 1.54) is 12.8 Å². The summed E-state index contributed by atoms with van der Waals surface area (Å²) in [5.41, 5.74) is 0.799. The number of hydrogen-bond donors (Lipinski definition) is 0. The SMILES string of the molecule is CC(C)[C@H]1CN(C(=O)Cc2cn3ccsc3n2)CCC(=O)N1CC1CC1. The van der Waals surface area contributed by atoms with Gasteiger partial charge in [0.2, 0.25) is 11.8 Å². The Hall–Kier alpha value is -1.89. The van der Waals surface area contributed by atoms with Gasteiger partial charge in [-0.25, -0.2) is 4.98 Å². The van der Waals surface area contributed by atoms with E-state index in [1.54, 1.807) is 11.3 Å². The van der Waals surface area contributed by atoms with Gasteiger partial charge in [-0.1, -0.05) is 13.8 Å². The van der Waals surface area contributed by atoms with Crippen molar-refractivity contribution in [2.45, 2.75) is 45.6 Å². The fraction of sp³-hybridized carbons (Fsp3) is 0.632. The Morgan fingerprint density at radius 1 is 1.38 bits per heavy atom. The zero-order valence-electron chi connectivity index (χ0n) is 15.4. The van der Waals surface area contributed by atoms with Gasteiger partial charge in [-0.2, -0.15) is 0 Å². The quantitative estimate of drug-likeness (QED) is 0.808. The highest BCUT2D eigenvalue weighted by Gasteiger charge is 2.36. The van der Waals surface area contributed by atoms with Crippen LogP contribution in [0.3, 0.4) is 0 Å². The number of amides is 2. The molecule has 26 heavy (non-hydrogen) atoms. The van der Waals surface area contributed by atoms with Crippen molar-refractivity contribution in [3.05, 3.63) is 23.5 Å². The first-order valence-electron chi connectivity index (χ1n) is 9.49. The van der Waals surface area contributed by atoms with Gasteiger partial charge in [-0.3, -0.25) is 14.0 Å². The van der Waals surface area contributed by atoms with Gasteiger partial charge in [0.1, 0.15) is 0 Å². The minimum absolute atomic E-state index is 0.0717. The number of nitrogens with zero attached hydrogens (tertiary/aromatic N) is 4. The van der Waals surface area contributed by atoms with Crippen molar-refractivity contribution in [3.63, 3.8) is 0 Å². The van der Waals surface area contributed by atoms with Crippen LogP contribution in [0.25, 0.3) is 4.96 Å². The van der Waals surface area contributed by atoms with Crippen LogP contribution in [0.4, 0.5) is 0 Å². The van der Waals surface area contributed by atoms with E-state index >= 15 is 0 Å². The summed E-state index contributed by atoms with van der Waals surface area (Å²) in [6.45, 7) is 6.31. The zero-order valence-corrected chi connectivity index (χ0v) is 16.2. The molecule has 3 heterocycles. The Bertz CT molecular complexity index is 779. The Labute approximate surface area is 157 Å². The summed E-state index contributed by atoms with van der Waals surface area (Å²) >= 11 is 1.57. The Morgan fingerprint density at radius 2 is 2.19 bits per heavy atom. The van der Waals surface area contributed by atoms with Crippen LogP contribution in [0.5, 0.6) is 0 Å². The lowest BCUT2D eigenvalue weighted by Gasteiger charge is -2.34. The van der Waals surface area contributed by atoms with Crippen molar-refractivity contribution in [1.82, 2.24) is 19.2 Å². The first-order chi connectivity index (χ1) is 12.5. The standard InChI is InChI=1S/C19H26N4O2S/c1-13(2)16-12-21(6-5-17(24)23(16)10-14-3-4-14)18(25)9-15-11-22-7-8-26-19(22)20-15/h7-8,11,13-14,16H,3-6,9-10,12H2,1-2H3/t16-/m1/s1. The highest BCUT2D eigenvalue weighted by atomic mass is 32.1. The number of aromatic nitrogens is 2. The molecule has 1 aliphatic heterocycles. The second-order valence-electron chi connectivity index (χ2n) is 7.89. The van der Waals surface area contributed by atoms with Crippen LogP contribution < -0.4 is 0 Å². The molecule has 1 saturated carbocycles. The van der Waals surface area contributed by atoms with E-state index in [0.717, 1.165) is 17.2 Å². The second kappa shape index (κ2) is 7.02. The molecule has 2 aromatic rings. The fourth-order valence-electron chi connectivity index (χ4n) is 3.72. The fourth-order valence-corrected chi connectivity index (χ4v) is 4.43. The molecule has 1 aliphatic carbocycles. The third-order valence-electron chi connectivity index (χ3n) is 5.47. The van der Waals surface area contributed by atoms with Crippen molar-refractivity contribution in [1.29, 1.82) is 0 Å². The van der Waals surface area contributed by atoms with Crippen LogP contribution >= 0.6 is 11.3 Å². The molecule has 1 saturated heterocycles. The maximum atomic E-state index is 12.9. The molecule has 0 N–H and O–H groups in total. The van der Waals surface area contributed by atoms with Gasteiger partial charge in [0, 0.05) is 43.8 Å². The number of imidazole rings is 1. The summed E-state index contributed by atoms with van der Waals surface area (Å²) in [7, 11) is 0.